The molecule has 2 N–H and O–H groups in total. The number of hydrogen-bond acceptors (Lipinski definition) is 5. The molecule has 0 spiro atoms. The summed E-state index contributed by atoms with van der Waals surface area (Å²) in [6.45, 7) is 0. The van der Waals surface area contributed by atoms with E-state index in [1.165, 1.54) is 17.0 Å². The Bertz CT molecular complexity index is 1110. The molecule has 0 saturated carbocycles. The largest absolute Gasteiger partial charge is 0.508 e. The van der Waals surface area contributed by atoms with Crippen LogP contribution in [-0.2, 0) is 4.79 Å². The number of phenols is 2. The van der Waals surface area contributed by atoms with E-state index in [0.29, 0.717) is 29.2 Å². The Morgan fingerprint density at radius 1 is 0.929 bits per heavy atom. The van der Waals surface area contributed by atoms with E-state index in [2.05, 4.69) is 10.1 Å². The number of benzene rings is 2. The van der Waals surface area contributed by atoms with Gasteiger partial charge in [-0.2, -0.15) is 5.10 Å². The van der Waals surface area contributed by atoms with Gasteiger partial charge in [-0.1, -0.05) is 6.07 Å². The van der Waals surface area contributed by atoms with Crippen molar-refractivity contribution in [3.05, 3.63) is 79.1 Å². The minimum absolute atomic E-state index is 0.0138. The van der Waals surface area contributed by atoms with Crippen molar-refractivity contribution in [2.75, 3.05) is 4.90 Å². The predicted molar refractivity (Wildman–Crippen MR) is 105 cm³/mol. The number of aromatic nitrogens is 3. The summed E-state index contributed by atoms with van der Waals surface area (Å²) in [5.74, 6) is 0.472. The molecule has 0 radical (unpaired) electrons. The van der Waals surface area contributed by atoms with E-state index in [0.717, 1.165) is 5.69 Å². The van der Waals surface area contributed by atoms with Gasteiger partial charge >= 0.3 is 0 Å². The Kier molecular flexibility index (Phi) is 4.47. The number of anilines is 2. The number of hydrogen-bond donors (Lipinski definition) is 2. The fraction of sp³-hybridized carbons (Fsp3) is 0. The molecule has 4 rings (SSSR count). The highest BCUT2D eigenvalue weighted by Gasteiger charge is 2.13. The molecule has 7 nitrogen and oxygen atoms in total. The quantitative estimate of drug-likeness (QED) is 0.522. The lowest BCUT2D eigenvalue weighted by Gasteiger charge is -2.17. The lowest BCUT2D eigenvalue weighted by molar-refractivity contribution is -0.106. The number of carbonyl (C=O) groups is 1. The van der Waals surface area contributed by atoms with Crippen molar-refractivity contribution in [2.24, 2.45) is 0 Å². The number of carbonyl (C=O) groups excluding carboxylic acids is 1. The van der Waals surface area contributed by atoms with Crippen LogP contribution in [0.4, 0.5) is 11.5 Å². The molecule has 0 aliphatic carbocycles. The number of nitrogens with zero attached hydrogens (tertiary/aromatic N) is 4. The average Bonchev–Trinajstić information content (AvgIpc) is 3.19. The lowest BCUT2D eigenvalue weighted by atomic mass is 10.1. The second-order valence-electron chi connectivity index (χ2n) is 6.01. The highest BCUT2D eigenvalue weighted by Crippen LogP contribution is 2.33. The maximum absolute atomic E-state index is 11.5. The Labute approximate surface area is 160 Å². The molecule has 0 aliphatic rings. The van der Waals surface area contributed by atoms with Crippen LogP contribution in [0.5, 0.6) is 11.5 Å². The Morgan fingerprint density at radius 2 is 1.75 bits per heavy atom. The van der Waals surface area contributed by atoms with E-state index in [1.807, 2.05) is 18.2 Å². The Morgan fingerprint density at radius 3 is 2.43 bits per heavy atom. The van der Waals surface area contributed by atoms with Crippen LogP contribution in [0.2, 0.25) is 0 Å². The van der Waals surface area contributed by atoms with Crippen LogP contribution >= 0.6 is 0 Å². The van der Waals surface area contributed by atoms with Gasteiger partial charge in [-0.15, -0.1) is 0 Å². The number of rotatable bonds is 5. The van der Waals surface area contributed by atoms with Gasteiger partial charge in [0.1, 0.15) is 17.3 Å². The second-order valence-corrected chi connectivity index (χ2v) is 6.01. The smallest absolute Gasteiger partial charge is 0.219 e. The van der Waals surface area contributed by atoms with E-state index in [4.69, 9.17) is 0 Å². The van der Waals surface area contributed by atoms with Gasteiger partial charge in [0.15, 0.2) is 0 Å². The van der Waals surface area contributed by atoms with Crippen LogP contribution in [0, 0.1) is 0 Å². The molecule has 7 heteroatoms. The van der Waals surface area contributed by atoms with Gasteiger partial charge in [-0.05, 0) is 54.6 Å². The van der Waals surface area contributed by atoms with Crippen LogP contribution in [0.3, 0.4) is 0 Å². The van der Waals surface area contributed by atoms with Crippen molar-refractivity contribution in [1.82, 2.24) is 14.8 Å². The molecular weight excluding hydrogens is 356 g/mol. The van der Waals surface area contributed by atoms with Gasteiger partial charge < -0.3 is 10.2 Å². The van der Waals surface area contributed by atoms with Gasteiger partial charge in [0.25, 0.3) is 0 Å². The first-order valence-electron chi connectivity index (χ1n) is 8.50. The van der Waals surface area contributed by atoms with Gasteiger partial charge in [-0.3, -0.25) is 9.69 Å². The van der Waals surface area contributed by atoms with Gasteiger partial charge in [-0.25, -0.2) is 9.67 Å². The summed E-state index contributed by atoms with van der Waals surface area (Å²) in [4.78, 5) is 17.2. The first kappa shape index (κ1) is 17.3. The summed E-state index contributed by atoms with van der Waals surface area (Å²) < 4.78 is 1.67. The number of aromatic hydroxyl groups is 2. The minimum Gasteiger partial charge on any atom is -0.508 e. The third-order valence-corrected chi connectivity index (χ3v) is 4.27. The van der Waals surface area contributed by atoms with Crippen LogP contribution in [0.15, 0.2) is 79.1 Å². The molecule has 4 aromatic rings. The van der Waals surface area contributed by atoms with Crippen LogP contribution < -0.4 is 4.90 Å². The molecule has 1 amide bonds. The standard InChI is InChI=1S/C21H16N4O3/c26-14-24(21-3-1-2-11-22-21)15-4-6-16(7-5-15)25-19(10-12-23-25)18-9-8-17(27)13-20(18)28/h1-14,27-28H. The zero-order valence-electron chi connectivity index (χ0n) is 14.7. The summed E-state index contributed by atoms with van der Waals surface area (Å²) in [5, 5.41) is 24.0. The molecule has 0 unspecified atom stereocenters. The summed E-state index contributed by atoms with van der Waals surface area (Å²) >= 11 is 0. The maximum atomic E-state index is 11.5. The summed E-state index contributed by atoms with van der Waals surface area (Å²) in [5.41, 5.74) is 2.63. The number of phenolic OH excluding ortho intramolecular Hbond substituents is 2. The molecule has 0 saturated heterocycles. The zero-order valence-corrected chi connectivity index (χ0v) is 14.7. The Balaban J connectivity index is 1.69. The average molecular weight is 372 g/mol. The normalized spacial score (nSPS) is 10.6. The highest BCUT2D eigenvalue weighted by molar-refractivity contribution is 5.85. The maximum Gasteiger partial charge on any atom is 0.219 e. The minimum atomic E-state index is -0.0411. The van der Waals surface area contributed by atoms with Crippen molar-refractivity contribution in [2.45, 2.75) is 0 Å². The topological polar surface area (TPSA) is 91.5 Å². The van der Waals surface area contributed by atoms with Gasteiger partial charge in [0, 0.05) is 17.8 Å². The van der Waals surface area contributed by atoms with Crippen molar-refractivity contribution in [3.63, 3.8) is 0 Å². The molecule has 138 valence electrons. The molecule has 2 heterocycles. The first-order valence-corrected chi connectivity index (χ1v) is 8.50. The zero-order chi connectivity index (χ0) is 19.5. The van der Waals surface area contributed by atoms with Gasteiger partial charge in [0.2, 0.25) is 6.41 Å². The molecule has 0 fully saturated rings. The van der Waals surface area contributed by atoms with E-state index in [1.54, 1.807) is 53.5 Å². The van der Waals surface area contributed by atoms with Crippen molar-refractivity contribution < 1.29 is 15.0 Å². The first-order chi connectivity index (χ1) is 13.7. The second kappa shape index (κ2) is 7.24. The van der Waals surface area contributed by atoms with E-state index in [9.17, 15) is 15.0 Å². The predicted octanol–water partition coefficient (Wildman–Crippen LogP) is 3.64. The molecule has 0 aliphatic heterocycles. The van der Waals surface area contributed by atoms with Crippen molar-refractivity contribution in [3.8, 4) is 28.4 Å². The molecule has 28 heavy (non-hydrogen) atoms. The fourth-order valence-electron chi connectivity index (χ4n) is 2.95. The molecule has 0 bridgehead atoms. The highest BCUT2D eigenvalue weighted by atomic mass is 16.3. The lowest BCUT2D eigenvalue weighted by Crippen LogP contribution is -2.15. The summed E-state index contributed by atoms with van der Waals surface area (Å²) in [6, 6.07) is 18.8. The molecule has 2 aromatic heterocycles. The summed E-state index contributed by atoms with van der Waals surface area (Å²) in [7, 11) is 0. The molecule has 2 aromatic carbocycles. The van der Waals surface area contributed by atoms with E-state index >= 15 is 0 Å². The van der Waals surface area contributed by atoms with Crippen molar-refractivity contribution in [1.29, 1.82) is 0 Å². The van der Waals surface area contributed by atoms with Crippen LogP contribution in [-0.4, -0.2) is 31.4 Å². The monoisotopic (exact) mass is 372 g/mol. The van der Waals surface area contributed by atoms with Crippen LogP contribution in [0.25, 0.3) is 16.9 Å². The third kappa shape index (κ3) is 3.16. The fourth-order valence-corrected chi connectivity index (χ4v) is 2.95. The van der Waals surface area contributed by atoms with E-state index in [-0.39, 0.29) is 11.5 Å². The van der Waals surface area contributed by atoms with Crippen molar-refractivity contribution >= 4 is 17.9 Å². The Hall–Kier alpha value is -4.13. The molecular formula is C21H16N4O3. The number of pyridine rings is 1. The van der Waals surface area contributed by atoms with Crippen LogP contribution in [0.1, 0.15) is 0 Å². The third-order valence-electron chi connectivity index (χ3n) is 4.27. The van der Waals surface area contributed by atoms with Gasteiger partial charge in [0.05, 0.1) is 23.3 Å². The summed E-state index contributed by atoms with van der Waals surface area (Å²) in [6.07, 6.45) is 3.96. The number of amides is 1. The van der Waals surface area contributed by atoms with E-state index < -0.39 is 0 Å². The SMILES string of the molecule is O=CN(c1ccc(-n2nccc2-c2ccc(O)cc2O)cc1)c1ccccn1. The molecule has 0 atom stereocenters.